The van der Waals surface area contributed by atoms with Gasteiger partial charge in [0.1, 0.15) is 5.52 Å². The van der Waals surface area contributed by atoms with Crippen LogP contribution in [0.5, 0.6) is 0 Å². The van der Waals surface area contributed by atoms with Crippen LogP contribution < -0.4 is 5.32 Å². The lowest BCUT2D eigenvalue weighted by Gasteiger charge is -2.08. The summed E-state index contributed by atoms with van der Waals surface area (Å²) in [6.45, 7) is 0.483. The molecule has 0 saturated heterocycles. The van der Waals surface area contributed by atoms with Gasteiger partial charge in [-0.2, -0.15) is 0 Å². The first-order chi connectivity index (χ1) is 11.8. The lowest BCUT2D eigenvalue weighted by Crippen LogP contribution is -2.23. The van der Waals surface area contributed by atoms with Gasteiger partial charge in [-0.15, -0.1) is 0 Å². The maximum atomic E-state index is 12.6. The molecule has 1 aromatic heterocycles. The van der Waals surface area contributed by atoms with E-state index in [2.05, 4.69) is 15.3 Å². The number of para-hydroxylation sites is 3. The highest BCUT2D eigenvalue weighted by Gasteiger charge is 2.12. The van der Waals surface area contributed by atoms with Gasteiger partial charge < -0.3 is 5.32 Å². The molecular formula is C20H15N3O. The van der Waals surface area contributed by atoms with E-state index in [4.69, 9.17) is 0 Å². The zero-order chi connectivity index (χ0) is 16.4. The third-order valence-electron chi connectivity index (χ3n) is 3.91. The molecule has 0 aliphatic heterocycles. The first kappa shape index (κ1) is 14.3. The SMILES string of the molecule is O=C(NCc1ccccc1)c1cccc2nc3ccccc3nc12. The normalized spacial score (nSPS) is 10.8. The Morgan fingerprint density at radius 3 is 2.21 bits per heavy atom. The molecule has 4 aromatic rings. The molecule has 1 N–H and O–H groups in total. The molecule has 4 heteroatoms. The number of hydrogen-bond donors (Lipinski definition) is 1. The number of aromatic nitrogens is 2. The van der Waals surface area contributed by atoms with Gasteiger partial charge in [-0.05, 0) is 29.8 Å². The molecule has 0 radical (unpaired) electrons. The van der Waals surface area contributed by atoms with Crippen LogP contribution in [0.1, 0.15) is 15.9 Å². The number of nitrogens with one attached hydrogen (secondary N) is 1. The van der Waals surface area contributed by atoms with E-state index in [1.165, 1.54) is 0 Å². The molecule has 0 fully saturated rings. The van der Waals surface area contributed by atoms with Crippen molar-refractivity contribution in [3.63, 3.8) is 0 Å². The molecule has 0 bridgehead atoms. The topological polar surface area (TPSA) is 54.9 Å². The molecule has 4 nitrogen and oxygen atoms in total. The van der Waals surface area contributed by atoms with Crippen LogP contribution in [0.25, 0.3) is 22.1 Å². The van der Waals surface area contributed by atoms with Crippen molar-refractivity contribution >= 4 is 28.0 Å². The van der Waals surface area contributed by atoms with Gasteiger partial charge >= 0.3 is 0 Å². The van der Waals surface area contributed by atoms with E-state index in [1.807, 2.05) is 66.7 Å². The Morgan fingerprint density at radius 2 is 1.42 bits per heavy atom. The minimum absolute atomic E-state index is 0.144. The van der Waals surface area contributed by atoms with Gasteiger partial charge in [0, 0.05) is 6.54 Å². The zero-order valence-electron chi connectivity index (χ0n) is 12.9. The number of carbonyl (C=O) groups excluding carboxylic acids is 1. The van der Waals surface area contributed by atoms with Gasteiger partial charge in [0.2, 0.25) is 0 Å². The molecule has 3 aromatic carbocycles. The van der Waals surface area contributed by atoms with E-state index in [0.717, 1.165) is 22.1 Å². The monoisotopic (exact) mass is 313 g/mol. The van der Waals surface area contributed by atoms with E-state index < -0.39 is 0 Å². The summed E-state index contributed by atoms with van der Waals surface area (Å²) in [6.07, 6.45) is 0. The number of nitrogens with zero attached hydrogens (tertiary/aromatic N) is 2. The highest BCUT2D eigenvalue weighted by Crippen LogP contribution is 2.19. The molecule has 24 heavy (non-hydrogen) atoms. The van der Waals surface area contributed by atoms with Crippen molar-refractivity contribution in [3.05, 3.63) is 83.9 Å². The number of benzene rings is 3. The molecule has 116 valence electrons. The molecule has 0 saturated carbocycles. The minimum atomic E-state index is -0.144. The number of hydrogen-bond acceptors (Lipinski definition) is 3. The van der Waals surface area contributed by atoms with Crippen LogP contribution in [0, 0.1) is 0 Å². The summed E-state index contributed by atoms with van der Waals surface area (Å²) in [5, 5.41) is 2.95. The largest absolute Gasteiger partial charge is 0.348 e. The standard InChI is InChI=1S/C20H15N3O/c24-20(21-13-14-7-2-1-3-8-14)15-9-6-12-18-19(15)23-17-11-5-4-10-16(17)22-18/h1-12H,13H2,(H,21,24). The summed E-state index contributed by atoms with van der Waals surface area (Å²) in [5.74, 6) is -0.144. The average Bonchev–Trinajstić information content (AvgIpc) is 2.64. The molecule has 1 amide bonds. The first-order valence-electron chi connectivity index (χ1n) is 7.79. The van der Waals surface area contributed by atoms with Gasteiger partial charge in [-0.25, -0.2) is 9.97 Å². The third-order valence-corrected chi connectivity index (χ3v) is 3.91. The average molecular weight is 313 g/mol. The first-order valence-corrected chi connectivity index (χ1v) is 7.79. The highest BCUT2D eigenvalue weighted by molar-refractivity contribution is 6.05. The second-order valence-corrected chi connectivity index (χ2v) is 5.55. The zero-order valence-corrected chi connectivity index (χ0v) is 12.9. The summed E-state index contributed by atoms with van der Waals surface area (Å²) in [5.41, 5.74) is 4.56. The Bertz CT molecular complexity index is 1030. The van der Waals surface area contributed by atoms with Gasteiger partial charge in [0.25, 0.3) is 5.91 Å². The van der Waals surface area contributed by atoms with Crippen LogP contribution >= 0.6 is 0 Å². The van der Waals surface area contributed by atoms with E-state index in [-0.39, 0.29) is 5.91 Å². The van der Waals surface area contributed by atoms with Crippen LogP contribution in [0.2, 0.25) is 0 Å². The Kier molecular flexibility index (Phi) is 3.63. The van der Waals surface area contributed by atoms with E-state index >= 15 is 0 Å². The summed E-state index contributed by atoms with van der Waals surface area (Å²) < 4.78 is 0. The number of rotatable bonds is 3. The molecule has 0 spiro atoms. The lowest BCUT2D eigenvalue weighted by molar-refractivity contribution is 0.0952. The van der Waals surface area contributed by atoms with Crippen molar-refractivity contribution in [1.82, 2.24) is 15.3 Å². The summed E-state index contributed by atoms with van der Waals surface area (Å²) >= 11 is 0. The van der Waals surface area contributed by atoms with Gasteiger partial charge in [-0.1, -0.05) is 48.5 Å². The number of carbonyl (C=O) groups is 1. The number of fused-ring (bicyclic) bond motifs is 2. The predicted octanol–water partition coefficient (Wildman–Crippen LogP) is 3.71. The molecular weight excluding hydrogens is 298 g/mol. The summed E-state index contributed by atoms with van der Waals surface area (Å²) in [4.78, 5) is 21.8. The molecule has 0 aliphatic rings. The molecule has 0 atom stereocenters. The smallest absolute Gasteiger partial charge is 0.253 e. The fourth-order valence-electron chi connectivity index (χ4n) is 2.70. The third kappa shape index (κ3) is 2.70. The Balaban J connectivity index is 1.70. The molecule has 1 heterocycles. The fourth-order valence-corrected chi connectivity index (χ4v) is 2.70. The van der Waals surface area contributed by atoms with Crippen molar-refractivity contribution in [2.45, 2.75) is 6.54 Å². The summed E-state index contributed by atoms with van der Waals surface area (Å²) in [7, 11) is 0. The Labute approximate surface area is 139 Å². The van der Waals surface area contributed by atoms with Gasteiger partial charge in [0.15, 0.2) is 0 Å². The van der Waals surface area contributed by atoms with E-state index in [1.54, 1.807) is 6.07 Å². The van der Waals surface area contributed by atoms with Crippen LogP contribution in [-0.2, 0) is 6.54 Å². The number of amides is 1. The van der Waals surface area contributed by atoms with E-state index in [0.29, 0.717) is 17.6 Å². The fraction of sp³-hybridized carbons (Fsp3) is 0.0500. The molecule has 4 rings (SSSR count). The van der Waals surface area contributed by atoms with Gasteiger partial charge in [-0.3, -0.25) is 4.79 Å². The second-order valence-electron chi connectivity index (χ2n) is 5.55. The lowest BCUT2D eigenvalue weighted by atomic mass is 10.1. The molecule has 0 unspecified atom stereocenters. The van der Waals surface area contributed by atoms with Crippen molar-refractivity contribution in [2.24, 2.45) is 0 Å². The maximum absolute atomic E-state index is 12.6. The van der Waals surface area contributed by atoms with Crippen molar-refractivity contribution < 1.29 is 4.79 Å². The van der Waals surface area contributed by atoms with Crippen LogP contribution in [0.4, 0.5) is 0 Å². The van der Waals surface area contributed by atoms with Crippen molar-refractivity contribution in [3.8, 4) is 0 Å². The van der Waals surface area contributed by atoms with Crippen molar-refractivity contribution in [2.75, 3.05) is 0 Å². The Hall–Kier alpha value is -3.27. The van der Waals surface area contributed by atoms with Gasteiger partial charge in [0.05, 0.1) is 22.1 Å². The van der Waals surface area contributed by atoms with Crippen LogP contribution in [0.15, 0.2) is 72.8 Å². The minimum Gasteiger partial charge on any atom is -0.348 e. The van der Waals surface area contributed by atoms with Crippen molar-refractivity contribution in [1.29, 1.82) is 0 Å². The highest BCUT2D eigenvalue weighted by atomic mass is 16.1. The molecule has 0 aliphatic carbocycles. The summed E-state index contributed by atoms with van der Waals surface area (Å²) in [6, 6.07) is 23.0. The second kappa shape index (κ2) is 6.08. The Morgan fingerprint density at radius 1 is 0.750 bits per heavy atom. The maximum Gasteiger partial charge on any atom is 0.253 e. The van der Waals surface area contributed by atoms with Crippen LogP contribution in [0.3, 0.4) is 0 Å². The van der Waals surface area contributed by atoms with E-state index in [9.17, 15) is 4.79 Å². The van der Waals surface area contributed by atoms with Crippen LogP contribution in [-0.4, -0.2) is 15.9 Å². The quantitative estimate of drug-likeness (QED) is 0.587. The predicted molar refractivity (Wildman–Crippen MR) is 94.7 cm³/mol.